The van der Waals surface area contributed by atoms with E-state index >= 15 is 0 Å². The SMILES string of the molecule is COc1cccc2cc(C(=O)N3CCN(CC=Cc4ccccc4)CC3)c(=O)oc12. The normalized spacial score (nSPS) is 15.0. The molecule has 0 spiro atoms. The Labute approximate surface area is 175 Å². The van der Waals surface area contributed by atoms with Crippen LogP contribution in [-0.2, 0) is 0 Å². The number of rotatable bonds is 5. The molecule has 0 N–H and O–H groups in total. The van der Waals surface area contributed by atoms with Crippen molar-refractivity contribution in [1.29, 1.82) is 0 Å². The molecule has 1 fully saturated rings. The van der Waals surface area contributed by atoms with Gasteiger partial charge in [0.2, 0.25) is 0 Å². The summed E-state index contributed by atoms with van der Waals surface area (Å²) in [6.45, 7) is 3.51. The van der Waals surface area contributed by atoms with Crippen LogP contribution in [0.5, 0.6) is 5.75 Å². The van der Waals surface area contributed by atoms with Crippen LogP contribution < -0.4 is 10.4 Å². The minimum atomic E-state index is -0.634. The van der Waals surface area contributed by atoms with Crippen LogP contribution in [0.25, 0.3) is 17.0 Å². The van der Waals surface area contributed by atoms with Crippen molar-refractivity contribution in [3.05, 3.63) is 82.2 Å². The zero-order valence-electron chi connectivity index (χ0n) is 16.9. The minimum Gasteiger partial charge on any atom is -0.493 e. The first-order chi connectivity index (χ1) is 14.7. The molecule has 1 saturated heterocycles. The number of amides is 1. The third-order valence-electron chi connectivity index (χ3n) is 5.31. The maximum absolute atomic E-state index is 12.9. The lowest BCUT2D eigenvalue weighted by Crippen LogP contribution is -2.49. The van der Waals surface area contributed by atoms with Crippen LogP contribution in [0.4, 0.5) is 0 Å². The largest absolute Gasteiger partial charge is 0.493 e. The molecule has 3 aromatic rings. The van der Waals surface area contributed by atoms with Crippen molar-refractivity contribution in [1.82, 2.24) is 9.80 Å². The van der Waals surface area contributed by atoms with Gasteiger partial charge in [0.1, 0.15) is 5.56 Å². The lowest BCUT2D eigenvalue weighted by Gasteiger charge is -2.34. The Kier molecular flexibility index (Phi) is 5.95. The molecule has 0 aliphatic carbocycles. The fourth-order valence-corrected chi connectivity index (χ4v) is 3.63. The standard InChI is InChI=1S/C24H24N2O4/c1-29-21-11-5-10-19-17-20(24(28)30-22(19)21)23(27)26-15-13-25(14-16-26)12-6-9-18-7-3-2-4-8-18/h2-11,17H,12-16H2,1H3. The molecule has 154 valence electrons. The summed E-state index contributed by atoms with van der Waals surface area (Å²) in [6.07, 6.45) is 4.24. The molecule has 0 bridgehead atoms. The van der Waals surface area contributed by atoms with E-state index < -0.39 is 5.63 Å². The number of fused-ring (bicyclic) bond motifs is 1. The smallest absolute Gasteiger partial charge is 0.349 e. The first-order valence-electron chi connectivity index (χ1n) is 10.00. The van der Waals surface area contributed by atoms with Crippen LogP contribution in [-0.4, -0.2) is 55.5 Å². The van der Waals surface area contributed by atoms with Gasteiger partial charge in [-0.15, -0.1) is 0 Å². The van der Waals surface area contributed by atoms with Crippen LogP contribution in [0.2, 0.25) is 0 Å². The maximum atomic E-state index is 12.9. The number of hydrogen-bond donors (Lipinski definition) is 0. The Morgan fingerprint density at radius 2 is 1.83 bits per heavy atom. The molecule has 6 heteroatoms. The molecule has 0 atom stereocenters. The van der Waals surface area contributed by atoms with Gasteiger partial charge in [-0.05, 0) is 17.7 Å². The molecule has 6 nitrogen and oxygen atoms in total. The summed E-state index contributed by atoms with van der Waals surface area (Å²) in [6, 6.07) is 17.1. The van der Waals surface area contributed by atoms with Crippen molar-refractivity contribution in [2.75, 3.05) is 39.8 Å². The molecule has 1 aliphatic heterocycles. The van der Waals surface area contributed by atoms with E-state index in [9.17, 15) is 9.59 Å². The van der Waals surface area contributed by atoms with Gasteiger partial charge in [0.05, 0.1) is 7.11 Å². The van der Waals surface area contributed by atoms with Gasteiger partial charge in [0, 0.05) is 38.1 Å². The third-order valence-corrected chi connectivity index (χ3v) is 5.31. The summed E-state index contributed by atoms with van der Waals surface area (Å²) in [7, 11) is 1.52. The van der Waals surface area contributed by atoms with Crippen molar-refractivity contribution >= 4 is 23.0 Å². The molecule has 0 saturated carbocycles. The minimum absolute atomic E-state index is 0.0631. The Balaban J connectivity index is 1.40. The molecule has 2 heterocycles. The second kappa shape index (κ2) is 8.97. The number of para-hydroxylation sites is 1. The fourth-order valence-electron chi connectivity index (χ4n) is 3.63. The highest BCUT2D eigenvalue weighted by Crippen LogP contribution is 2.24. The molecule has 30 heavy (non-hydrogen) atoms. The predicted octanol–water partition coefficient (Wildman–Crippen LogP) is 3.27. The Morgan fingerprint density at radius 3 is 2.57 bits per heavy atom. The summed E-state index contributed by atoms with van der Waals surface area (Å²) >= 11 is 0. The van der Waals surface area contributed by atoms with Crippen molar-refractivity contribution in [3.63, 3.8) is 0 Å². The molecule has 2 aromatic carbocycles. The third kappa shape index (κ3) is 4.28. The monoisotopic (exact) mass is 404 g/mol. The zero-order valence-corrected chi connectivity index (χ0v) is 16.9. The molecule has 1 aliphatic rings. The van der Waals surface area contributed by atoms with E-state index in [2.05, 4.69) is 29.2 Å². The summed E-state index contributed by atoms with van der Waals surface area (Å²) in [5.74, 6) is 0.189. The second-order valence-electron chi connectivity index (χ2n) is 7.23. The van der Waals surface area contributed by atoms with Crippen molar-refractivity contribution in [3.8, 4) is 5.75 Å². The fraction of sp³-hybridized carbons (Fsp3) is 0.250. The average Bonchev–Trinajstić information content (AvgIpc) is 2.79. The molecule has 1 amide bonds. The Morgan fingerprint density at radius 1 is 1.07 bits per heavy atom. The van der Waals surface area contributed by atoms with E-state index in [-0.39, 0.29) is 11.5 Å². The second-order valence-corrected chi connectivity index (χ2v) is 7.23. The van der Waals surface area contributed by atoms with Gasteiger partial charge in [-0.2, -0.15) is 0 Å². The Hall–Kier alpha value is -3.38. The number of methoxy groups -OCH3 is 1. The van der Waals surface area contributed by atoms with E-state index in [0.29, 0.717) is 29.8 Å². The van der Waals surface area contributed by atoms with E-state index in [1.165, 1.54) is 12.7 Å². The highest BCUT2D eigenvalue weighted by molar-refractivity contribution is 5.97. The maximum Gasteiger partial charge on any atom is 0.349 e. The predicted molar refractivity (Wildman–Crippen MR) is 117 cm³/mol. The molecule has 4 rings (SSSR count). The number of nitrogens with zero attached hydrogens (tertiary/aromatic N) is 2. The zero-order chi connectivity index (χ0) is 20.9. The van der Waals surface area contributed by atoms with Gasteiger partial charge in [0.15, 0.2) is 11.3 Å². The lowest BCUT2D eigenvalue weighted by molar-refractivity contribution is 0.0646. The average molecular weight is 404 g/mol. The number of ether oxygens (including phenoxy) is 1. The van der Waals surface area contributed by atoms with Gasteiger partial charge in [-0.3, -0.25) is 9.69 Å². The molecular weight excluding hydrogens is 380 g/mol. The highest BCUT2D eigenvalue weighted by atomic mass is 16.5. The van der Waals surface area contributed by atoms with E-state index in [1.807, 2.05) is 18.2 Å². The van der Waals surface area contributed by atoms with E-state index in [1.54, 1.807) is 29.2 Å². The van der Waals surface area contributed by atoms with Gasteiger partial charge in [-0.1, -0.05) is 54.6 Å². The van der Waals surface area contributed by atoms with Gasteiger partial charge < -0.3 is 14.1 Å². The Bertz CT molecular complexity index is 1110. The molecule has 1 aromatic heterocycles. The first-order valence-corrected chi connectivity index (χ1v) is 10.00. The summed E-state index contributed by atoms with van der Waals surface area (Å²) in [4.78, 5) is 29.4. The molecular formula is C24H24N2O4. The number of carbonyl (C=O) groups excluding carboxylic acids is 1. The van der Waals surface area contributed by atoms with Gasteiger partial charge in [-0.25, -0.2) is 4.79 Å². The van der Waals surface area contributed by atoms with Crippen molar-refractivity contribution in [2.24, 2.45) is 0 Å². The van der Waals surface area contributed by atoms with Crippen LogP contribution in [0.3, 0.4) is 0 Å². The molecule has 0 unspecified atom stereocenters. The molecule has 0 radical (unpaired) electrons. The van der Waals surface area contributed by atoms with Gasteiger partial charge >= 0.3 is 5.63 Å². The summed E-state index contributed by atoms with van der Waals surface area (Å²) in [5, 5.41) is 0.669. The highest BCUT2D eigenvalue weighted by Gasteiger charge is 2.25. The number of benzene rings is 2. The van der Waals surface area contributed by atoms with Crippen LogP contribution in [0, 0.1) is 0 Å². The lowest BCUT2D eigenvalue weighted by atomic mass is 10.1. The number of hydrogen-bond acceptors (Lipinski definition) is 5. The van der Waals surface area contributed by atoms with Gasteiger partial charge in [0.25, 0.3) is 5.91 Å². The quantitative estimate of drug-likeness (QED) is 0.611. The van der Waals surface area contributed by atoms with E-state index in [0.717, 1.165) is 19.6 Å². The topological polar surface area (TPSA) is 63.0 Å². The summed E-state index contributed by atoms with van der Waals surface area (Å²) in [5.41, 5.74) is 0.959. The van der Waals surface area contributed by atoms with Crippen LogP contribution in [0.15, 0.2) is 69.9 Å². The summed E-state index contributed by atoms with van der Waals surface area (Å²) < 4.78 is 10.6. The number of carbonyl (C=O) groups is 1. The number of piperazine rings is 1. The van der Waals surface area contributed by atoms with Crippen LogP contribution in [0.1, 0.15) is 15.9 Å². The first kappa shape index (κ1) is 19.9. The van der Waals surface area contributed by atoms with Crippen LogP contribution >= 0.6 is 0 Å². The van der Waals surface area contributed by atoms with E-state index in [4.69, 9.17) is 9.15 Å². The van der Waals surface area contributed by atoms with Crippen molar-refractivity contribution < 1.29 is 13.9 Å². The van der Waals surface area contributed by atoms with Crippen molar-refractivity contribution in [2.45, 2.75) is 0 Å².